The van der Waals surface area contributed by atoms with Crippen LogP contribution in [0.4, 0.5) is 5.69 Å². The number of fused-ring (bicyclic) bond motifs is 1. The van der Waals surface area contributed by atoms with Gasteiger partial charge in [0.2, 0.25) is 0 Å². The molecule has 4 heteroatoms. The van der Waals surface area contributed by atoms with Gasteiger partial charge in [-0.1, -0.05) is 18.2 Å². The standard InChI is InChI=1S/C12H16N2O2/c15-12(16)10-7-9-3-1-2-4-11(9)14-6-5-13-8-10/h1-4,10,13-14H,5-8H2,(H,15,16). The Kier molecular flexibility index (Phi) is 3.41. The van der Waals surface area contributed by atoms with Crippen molar-refractivity contribution in [2.45, 2.75) is 6.42 Å². The predicted octanol–water partition coefficient (Wildman–Crippen LogP) is 0.945. The minimum Gasteiger partial charge on any atom is -0.481 e. The fourth-order valence-corrected chi connectivity index (χ4v) is 1.94. The van der Waals surface area contributed by atoms with Gasteiger partial charge in [-0.3, -0.25) is 4.79 Å². The molecule has 0 saturated heterocycles. The van der Waals surface area contributed by atoms with Crippen molar-refractivity contribution in [1.29, 1.82) is 0 Å². The maximum Gasteiger partial charge on any atom is 0.308 e. The van der Waals surface area contributed by atoms with Crippen molar-refractivity contribution in [2.75, 3.05) is 25.0 Å². The Hall–Kier alpha value is -1.55. The van der Waals surface area contributed by atoms with E-state index in [1.807, 2.05) is 24.3 Å². The molecule has 1 aliphatic heterocycles. The quantitative estimate of drug-likeness (QED) is 0.659. The van der Waals surface area contributed by atoms with E-state index in [1.165, 1.54) is 0 Å². The average molecular weight is 220 g/mol. The number of hydrogen-bond donors (Lipinski definition) is 3. The van der Waals surface area contributed by atoms with Crippen LogP contribution >= 0.6 is 0 Å². The fourth-order valence-electron chi connectivity index (χ4n) is 1.94. The summed E-state index contributed by atoms with van der Waals surface area (Å²) in [6.07, 6.45) is 0.575. The third-order valence-electron chi connectivity index (χ3n) is 2.84. The van der Waals surface area contributed by atoms with Gasteiger partial charge in [-0.05, 0) is 18.1 Å². The van der Waals surface area contributed by atoms with Crippen LogP contribution in [0.15, 0.2) is 24.3 Å². The third-order valence-corrected chi connectivity index (χ3v) is 2.84. The number of anilines is 1. The van der Waals surface area contributed by atoms with Crippen molar-refractivity contribution in [3.05, 3.63) is 29.8 Å². The Labute approximate surface area is 94.7 Å². The summed E-state index contributed by atoms with van der Waals surface area (Å²) in [6, 6.07) is 7.90. The van der Waals surface area contributed by atoms with Gasteiger partial charge in [0.05, 0.1) is 5.92 Å². The van der Waals surface area contributed by atoms with Crippen molar-refractivity contribution in [3.8, 4) is 0 Å². The number of nitrogens with one attached hydrogen (secondary N) is 2. The molecule has 1 atom stereocenters. The predicted molar refractivity (Wildman–Crippen MR) is 62.6 cm³/mol. The lowest BCUT2D eigenvalue weighted by Gasteiger charge is -2.13. The fraction of sp³-hybridized carbons (Fsp3) is 0.417. The molecule has 0 aromatic heterocycles. The first-order valence-electron chi connectivity index (χ1n) is 5.52. The highest BCUT2D eigenvalue weighted by Gasteiger charge is 2.19. The first-order chi connectivity index (χ1) is 7.77. The molecule has 1 aromatic carbocycles. The maximum atomic E-state index is 11.1. The number of para-hydroxylation sites is 1. The van der Waals surface area contributed by atoms with E-state index in [4.69, 9.17) is 5.11 Å². The normalized spacial score (nSPS) is 20.9. The first-order valence-corrected chi connectivity index (χ1v) is 5.52. The van der Waals surface area contributed by atoms with Gasteiger partial charge in [0.15, 0.2) is 0 Å². The van der Waals surface area contributed by atoms with Crippen LogP contribution in [-0.4, -0.2) is 30.7 Å². The van der Waals surface area contributed by atoms with Crippen LogP contribution in [0.25, 0.3) is 0 Å². The largest absolute Gasteiger partial charge is 0.481 e. The second kappa shape index (κ2) is 4.99. The molecule has 0 aliphatic carbocycles. The minimum absolute atomic E-state index is 0.346. The Bertz CT molecular complexity index is 379. The van der Waals surface area contributed by atoms with E-state index in [1.54, 1.807) is 0 Å². The molecule has 3 N–H and O–H groups in total. The molecule has 1 aromatic rings. The average Bonchev–Trinajstić information content (AvgIpc) is 2.38. The molecule has 0 saturated carbocycles. The highest BCUT2D eigenvalue weighted by atomic mass is 16.4. The van der Waals surface area contributed by atoms with Gasteiger partial charge in [0.1, 0.15) is 0 Å². The SMILES string of the molecule is O=C(O)C1CNCCNc2ccccc2C1. The number of carbonyl (C=O) groups is 1. The van der Waals surface area contributed by atoms with Crippen LogP contribution in [0.3, 0.4) is 0 Å². The lowest BCUT2D eigenvalue weighted by molar-refractivity contribution is -0.141. The molecule has 0 bridgehead atoms. The summed E-state index contributed by atoms with van der Waals surface area (Å²) < 4.78 is 0. The molecule has 0 fully saturated rings. The Morgan fingerprint density at radius 1 is 1.31 bits per heavy atom. The van der Waals surface area contributed by atoms with E-state index in [2.05, 4.69) is 10.6 Å². The third kappa shape index (κ3) is 2.52. The van der Waals surface area contributed by atoms with Gasteiger partial charge in [0.25, 0.3) is 0 Å². The number of benzene rings is 1. The molecular formula is C12H16N2O2. The second-order valence-electron chi connectivity index (χ2n) is 4.03. The van der Waals surface area contributed by atoms with E-state index in [-0.39, 0.29) is 5.92 Å². The highest BCUT2D eigenvalue weighted by Crippen LogP contribution is 2.19. The second-order valence-corrected chi connectivity index (χ2v) is 4.03. The van der Waals surface area contributed by atoms with Gasteiger partial charge >= 0.3 is 5.97 Å². The van der Waals surface area contributed by atoms with Crippen molar-refractivity contribution < 1.29 is 9.90 Å². The number of carboxylic acids is 1. The molecule has 86 valence electrons. The Balaban J connectivity index is 2.24. The zero-order chi connectivity index (χ0) is 11.4. The van der Waals surface area contributed by atoms with Crippen LogP contribution in [-0.2, 0) is 11.2 Å². The van der Waals surface area contributed by atoms with Gasteiger partial charge in [-0.25, -0.2) is 0 Å². The molecule has 0 amide bonds. The summed E-state index contributed by atoms with van der Waals surface area (Å²) in [5, 5.41) is 15.6. The summed E-state index contributed by atoms with van der Waals surface area (Å²) in [4.78, 5) is 11.1. The zero-order valence-electron chi connectivity index (χ0n) is 9.07. The zero-order valence-corrected chi connectivity index (χ0v) is 9.07. The number of carboxylic acid groups (broad SMARTS) is 1. The van der Waals surface area contributed by atoms with Crippen molar-refractivity contribution >= 4 is 11.7 Å². The lowest BCUT2D eigenvalue weighted by Crippen LogP contribution is -2.31. The monoisotopic (exact) mass is 220 g/mol. The molecule has 1 aliphatic rings. The topological polar surface area (TPSA) is 61.4 Å². The van der Waals surface area contributed by atoms with E-state index < -0.39 is 5.97 Å². The van der Waals surface area contributed by atoms with E-state index in [0.29, 0.717) is 13.0 Å². The van der Waals surface area contributed by atoms with Gasteiger partial charge < -0.3 is 15.7 Å². The lowest BCUT2D eigenvalue weighted by atomic mass is 9.98. The molecule has 1 unspecified atom stereocenters. The van der Waals surface area contributed by atoms with Crippen LogP contribution in [0.1, 0.15) is 5.56 Å². The summed E-state index contributed by atoms with van der Waals surface area (Å²) >= 11 is 0. The minimum atomic E-state index is -0.732. The van der Waals surface area contributed by atoms with Crippen molar-refractivity contribution in [3.63, 3.8) is 0 Å². The van der Waals surface area contributed by atoms with E-state index in [9.17, 15) is 4.79 Å². The first kappa shape index (κ1) is 11.0. The summed E-state index contributed by atoms with van der Waals surface area (Å²) in [5.74, 6) is -1.08. The highest BCUT2D eigenvalue weighted by molar-refractivity contribution is 5.71. The summed E-state index contributed by atoms with van der Waals surface area (Å²) in [6.45, 7) is 2.15. The Morgan fingerprint density at radius 3 is 2.94 bits per heavy atom. The van der Waals surface area contributed by atoms with Gasteiger partial charge in [-0.2, -0.15) is 0 Å². The number of hydrogen-bond acceptors (Lipinski definition) is 3. The molecule has 0 spiro atoms. The maximum absolute atomic E-state index is 11.1. The van der Waals surface area contributed by atoms with E-state index >= 15 is 0 Å². The van der Waals surface area contributed by atoms with Crippen LogP contribution in [0, 0.1) is 5.92 Å². The van der Waals surface area contributed by atoms with Crippen LogP contribution in [0.5, 0.6) is 0 Å². The molecule has 2 rings (SSSR count). The smallest absolute Gasteiger partial charge is 0.308 e. The Morgan fingerprint density at radius 2 is 2.12 bits per heavy atom. The number of rotatable bonds is 1. The summed E-state index contributed by atoms with van der Waals surface area (Å²) in [5.41, 5.74) is 2.14. The summed E-state index contributed by atoms with van der Waals surface area (Å²) in [7, 11) is 0. The van der Waals surface area contributed by atoms with Gasteiger partial charge in [-0.15, -0.1) is 0 Å². The van der Waals surface area contributed by atoms with Crippen LogP contribution in [0.2, 0.25) is 0 Å². The molecule has 16 heavy (non-hydrogen) atoms. The van der Waals surface area contributed by atoms with Gasteiger partial charge in [0, 0.05) is 25.3 Å². The molecule has 1 heterocycles. The number of aliphatic carboxylic acids is 1. The van der Waals surface area contributed by atoms with E-state index in [0.717, 1.165) is 24.3 Å². The van der Waals surface area contributed by atoms with Crippen molar-refractivity contribution in [1.82, 2.24) is 5.32 Å². The molecule has 4 nitrogen and oxygen atoms in total. The molecule has 0 radical (unpaired) electrons. The molecular weight excluding hydrogens is 204 g/mol. The van der Waals surface area contributed by atoms with Crippen LogP contribution < -0.4 is 10.6 Å². The van der Waals surface area contributed by atoms with Crippen molar-refractivity contribution in [2.24, 2.45) is 5.92 Å².